The second kappa shape index (κ2) is 6.07. The third kappa shape index (κ3) is 2.62. The van der Waals surface area contributed by atoms with Crippen molar-refractivity contribution in [1.29, 1.82) is 0 Å². The fourth-order valence-electron chi connectivity index (χ4n) is 3.79. The topological polar surface area (TPSA) is 32.3 Å². The van der Waals surface area contributed by atoms with E-state index in [1.165, 1.54) is 55.2 Å². The van der Waals surface area contributed by atoms with E-state index in [0.29, 0.717) is 11.8 Å². The Morgan fingerprint density at radius 2 is 1.90 bits per heavy atom. The summed E-state index contributed by atoms with van der Waals surface area (Å²) in [5, 5.41) is 14.2. The standard InChI is InChI=1S/C17H24BrNO/c1-11-13-7-2-3-8-14(13)16(18)17(20)15(11)10-12-6-4-5-9-19-12/h12,19-20H,2-10H2,1H3. The molecule has 1 aromatic rings. The van der Waals surface area contributed by atoms with Crippen molar-refractivity contribution >= 4 is 15.9 Å². The van der Waals surface area contributed by atoms with Gasteiger partial charge >= 0.3 is 0 Å². The van der Waals surface area contributed by atoms with Crippen molar-refractivity contribution in [2.75, 3.05) is 6.54 Å². The lowest BCUT2D eigenvalue weighted by Gasteiger charge is -2.28. The van der Waals surface area contributed by atoms with E-state index in [4.69, 9.17) is 0 Å². The second-order valence-electron chi connectivity index (χ2n) is 6.28. The fourth-order valence-corrected chi connectivity index (χ4v) is 4.47. The highest BCUT2D eigenvalue weighted by Crippen LogP contribution is 2.41. The molecule has 0 aromatic heterocycles. The summed E-state index contributed by atoms with van der Waals surface area (Å²) < 4.78 is 0.962. The quantitative estimate of drug-likeness (QED) is 0.853. The smallest absolute Gasteiger partial charge is 0.133 e. The molecule has 0 spiro atoms. The van der Waals surface area contributed by atoms with Gasteiger partial charge in [0.1, 0.15) is 5.75 Å². The first-order valence-corrected chi connectivity index (χ1v) is 8.72. The normalized spacial score (nSPS) is 22.6. The molecular weight excluding hydrogens is 314 g/mol. The zero-order valence-corrected chi connectivity index (χ0v) is 13.9. The number of hydrogen-bond donors (Lipinski definition) is 2. The monoisotopic (exact) mass is 337 g/mol. The van der Waals surface area contributed by atoms with Gasteiger partial charge in [0.05, 0.1) is 4.47 Å². The maximum absolute atomic E-state index is 10.6. The van der Waals surface area contributed by atoms with Gasteiger partial charge in [-0.05, 0) is 96.6 Å². The average Bonchev–Trinajstić information content (AvgIpc) is 2.50. The zero-order chi connectivity index (χ0) is 14.1. The van der Waals surface area contributed by atoms with Gasteiger partial charge in [-0.25, -0.2) is 0 Å². The summed E-state index contributed by atoms with van der Waals surface area (Å²) in [6.07, 6.45) is 9.59. The summed E-state index contributed by atoms with van der Waals surface area (Å²) in [6.45, 7) is 3.32. The van der Waals surface area contributed by atoms with Gasteiger partial charge in [-0.3, -0.25) is 0 Å². The summed E-state index contributed by atoms with van der Waals surface area (Å²) in [5.41, 5.74) is 5.35. The van der Waals surface area contributed by atoms with Crippen LogP contribution in [0.5, 0.6) is 5.75 Å². The van der Waals surface area contributed by atoms with Gasteiger partial charge in [0.2, 0.25) is 0 Å². The SMILES string of the molecule is Cc1c(CC2CCCCN2)c(O)c(Br)c2c1CCCC2. The van der Waals surface area contributed by atoms with Crippen LogP contribution in [0.2, 0.25) is 0 Å². The number of benzene rings is 1. The molecule has 1 aliphatic heterocycles. The van der Waals surface area contributed by atoms with Crippen LogP contribution in [-0.4, -0.2) is 17.7 Å². The zero-order valence-electron chi connectivity index (χ0n) is 12.3. The molecule has 3 rings (SSSR count). The van der Waals surface area contributed by atoms with Crippen LogP contribution in [0.25, 0.3) is 0 Å². The molecule has 1 atom stereocenters. The number of phenolic OH excluding ortho intramolecular Hbond substituents is 1. The second-order valence-corrected chi connectivity index (χ2v) is 7.07. The first-order valence-electron chi connectivity index (χ1n) is 7.93. The van der Waals surface area contributed by atoms with E-state index >= 15 is 0 Å². The van der Waals surface area contributed by atoms with Crippen molar-refractivity contribution in [2.45, 2.75) is 64.3 Å². The van der Waals surface area contributed by atoms with Crippen LogP contribution in [0.4, 0.5) is 0 Å². The molecule has 2 N–H and O–H groups in total. The molecule has 1 fully saturated rings. The number of halogens is 1. The van der Waals surface area contributed by atoms with Crippen LogP contribution in [0.3, 0.4) is 0 Å². The average molecular weight is 338 g/mol. The molecule has 2 nitrogen and oxygen atoms in total. The van der Waals surface area contributed by atoms with Gasteiger partial charge in [-0.15, -0.1) is 0 Å². The van der Waals surface area contributed by atoms with E-state index in [1.807, 2.05) is 0 Å². The third-order valence-electron chi connectivity index (χ3n) is 4.99. The van der Waals surface area contributed by atoms with Gasteiger partial charge < -0.3 is 10.4 Å². The number of aromatic hydroxyl groups is 1. The van der Waals surface area contributed by atoms with E-state index in [-0.39, 0.29) is 0 Å². The fraction of sp³-hybridized carbons (Fsp3) is 0.647. The van der Waals surface area contributed by atoms with Crippen LogP contribution in [-0.2, 0) is 19.3 Å². The van der Waals surface area contributed by atoms with Gasteiger partial charge in [-0.1, -0.05) is 6.42 Å². The van der Waals surface area contributed by atoms with Crippen LogP contribution >= 0.6 is 15.9 Å². The minimum Gasteiger partial charge on any atom is -0.506 e. The Morgan fingerprint density at radius 1 is 1.15 bits per heavy atom. The van der Waals surface area contributed by atoms with Gasteiger partial charge in [0, 0.05) is 6.04 Å². The van der Waals surface area contributed by atoms with E-state index in [0.717, 1.165) is 29.4 Å². The molecule has 1 aromatic carbocycles. The largest absolute Gasteiger partial charge is 0.506 e. The van der Waals surface area contributed by atoms with Crippen molar-refractivity contribution in [1.82, 2.24) is 5.32 Å². The van der Waals surface area contributed by atoms with Gasteiger partial charge in [0.15, 0.2) is 0 Å². The van der Waals surface area contributed by atoms with E-state index in [2.05, 4.69) is 28.2 Å². The van der Waals surface area contributed by atoms with E-state index in [1.54, 1.807) is 0 Å². The first-order chi connectivity index (χ1) is 9.68. The molecule has 0 saturated carbocycles. The summed E-state index contributed by atoms with van der Waals surface area (Å²) in [6, 6.07) is 0.530. The summed E-state index contributed by atoms with van der Waals surface area (Å²) in [4.78, 5) is 0. The predicted octanol–water partition coefficient (Wildman–Crippen LogP) is 4.03. The highest BCUT2D eigenvalue weighted by molar-refractivity contribution is 9.10. The Hall–Kier alpha value is -0.540. The van der Waals surface area contributed by atoms with Crippen LogP contribution in [0.1, 0.15) is 54.4 Å². The molecule has 3 heteroatoms. The molecule has 1 aliphatic carbocycles. The Labute approximate surface area is 130 Å². The Kier molecular flexibility index (Phi) is 4.37. The van der Waals surface area contributed by atoms with Crippen molar-refractivity contribution < 1.29 is 5.11 Å². The maximum Gasteiger partial charge on any atom is 0.133 e. The molecular formula is C17H24BrNO. The first kappa shape index (κ1) is 14.4. The highest BCUT2D eigenvalue weighted by Gasteiger charge is 2.24. The van der Waals surface area contributed by atoms with E-state index < -0.39 is 0 Å². The van der Waals surface area contributed by atoms with E-state index in [9.17, 15) is 5.11 Å². The highest BCUT2D eigenvalue weighted by atomic mass is 79.9. The lowest BCUT2D eigenvalue weighted by molar-refractivity contribution is 0.390. The summed E-state index contributed by atoms with van der Waals surface area (Å²) in [7, 11) is 0. The maximum atomic E-state index is 10.6. The lowest BCUT2D eigenvalue weighted by atomic mass is 9.84. The molecule has 2 aliphatic rings. The van der Waals surface area contributed by atoms with Gasteiger partial charge in [0.25, 0.3) is 0 Å². The minimum atomic E-state index is 0.496. The van der Waals surface area contributed by atoms with Crippen LogP contribution in [0.15, 0.2) is 4.47 Å². The number of nitrogens with one attached hydrogen (secondary N) is 1. The number of fused-ring (bicyclic) bond motifs is 1. The Balaban J connectivity index is 1.95. The molecule has 0 amide bonds. The molecule has 0 bridgehead atoms. The summed E-state index contributed by atoms with van der Waals surface area (Å²) in [5.74, 6) is 0.496. The number of phenols is 1. The lowest BCUT2D eigenvalue weighted by Crippen LogP contribution is -2.35. The van der Waals surface area contributed by atoms with Crippen molar-refractivity contribution in [3.05, 3.63) is 26.7 Å². The van der Waals surface area contributed by atoms with Crippen molar-refractivity contribution in [3.8, 4) is 5.75 Å². The molecule has 20 heavy (non-hydrogen) atoms. The molecule has 110 valence electrons. The molecule has 1 unspecified atom stereocenters. The molecule has 0 radical (unpaired) electrons. The molecule has 1 saturated heterocycles. The van der Waals surface area contributed by atoms with Crippen LogP contribution < -0.4 is 5.32 Å². The van der Waals surface area contributed by atoms with Crippen molar-refractivity contribution in [2.24, 2.45) is 0 Å². The van der Waals surface area contributed by atoms with Gasteiger partial charge in [-0.2, -0.15) is 0 Å². The Morgan fingerprint density at radius 3 is 2.60 bits per heavy atom. The molecule has 1 heterocycles. The predicted molar refractivity (Wildman–Crippen MR) is 86.5 cm³/mol. The van der Waals surface area contributed by atoms with Crippen molar-refractivity contribution in [3.63, 3.8) is 0 Å². The third-order valence-corrected chi connectivity index (χ3v) is 5.85. The van der Waals surface area contributed by atoms with Crippen LogP contribution in [0, 0.1) is 6.92 Å². The number of rotatable bonds is 2. The Bertz CT molecular complexity index is 506. The number of hydrogen-bond acceptors (Lipinski definition) is 2. The summed E-state index contributed by atoms with van der Waals surface area (Å²) >= 11 is 3.65. The minimum absolute atomic E-state index is 0.496. The number of piperidine rings is 1.